The first-order valence-electron chi connectivity index (χ1n) is 10.1. The standard InChI is InChI=1S/C22H24N4O3/c1-12(14-7-6-13-4-3-5-15(13)8-14)26-19(9-18(25-26)21(27)23-2)22(28)24-20-16-10-29-11-17(16)20/h3,5-9,12,16-17,20H,4,10-11H2,1-2H3,(H,23,27)(H,24,28)/t12?,16-,17+,20?. The number of aromatic nitrogens is 2. The van der Waals surface area contributed by atoms with Crippen molar-refractivity contribution >= 4 is 17.9 Å². The number of amides is 2. The zero-order valence-corrected chi connectivity index (χ0v) is 16.5. The van der Waals surface area contributed by atoms with Crippen LogP contribution in [0.5, 0.6) is 0 Å². The van der Waals surface area contributed by atoms with Crippen molar-refractivity contribution in [1.82, 2.24) is 20.4 Å². The van der Waals surface area contributed by atoms with Crippen LogP contribution in [0.15, 0.2) is 30.3 Å². The molecule has 1 saturated carbocycles. The van der Waals surface area contributed by atoms with Gasteiger partial charge < -0.3 is 15.4 Å². The third kappa shape index (κ3) is 3.06. The van der Waals surface area contributed by atoms with E-state index in [-0.39, 0.29) is 29.6 Å². The van der Waals surface area contributed by atoms with Crippen molar-refractivity contribution in [3.05, 3.63) is 58.4 Å². The molecule has 2 fully saturated rings. The number of benzene rings is 1. The van der Waals surface area contributed by atoms with Gasteiger partial charge in [0.15, 0.2) is 5.69 Å². The van der Waals surface area contributed by atoms with Crippen molar-refractivity contribution in [3.63, 3.8) is 0 Å². The lowest BCUT2D eigenvalue weighted by molar-refractivity contribution is 0.0915. The normalized spacial score (nSPS) is 24.7. The van der Waals surface area contributed by atoms with E-state index in [1.807, 2.05) is 6.92 Å². The molecule has 2 unspecified atom stereocenters. The molecule has 1 saturated heterocycles. The Morgan fingerprint density at radius 1 is 1.21 bits per heavy atom. The third-order valence-corrected chi connectivity index (χ3v) is 6.33. The van der Waals surface area contributed by atoms with E-state index in [0.717, 1.165) is 12.0 Å². The van der Waals surface area contributed by atoms with Gasteiger partial charge >= 0.3 is 0 Å². The van der Waals surface area contributed by atoms with Gasteiger partial charge in [-0.15, -0.1) is 0 Å². The molecule has 2 N–H and O–H groups in total. The molecule has 1 aromatic carbocycles. The molecule has 2 amide bonds. The molecule has 150 valence electrons. The summed E-state index contributed by atoms with van der Waals surface area (Å²) in [7, 11) is 1.56. The number of hydrogen-bond acceptors (Lipinski definition) is 4. The van der Waals surface area contributed by atoms with Crippen LogP contribution in [0.3, 0.4) is 0 Å². The van der Waals surface area contributed by atoms with Gasteiger partial charge in [-0.1, -0.05) is 24.3 Å². The second-order valence-electron chi connectivity index (χ2n) is 8.04. The first-order valence-corrected chi connectivity index (χ1v) is 10.1. The fourth-order valence-electron chi connectivity index (χ4n) is 4.45. The minimum absolute atomic E-state index is 0.156. The maximum absolute atomic E-state index is 13.0. The first-order chi connectivity index (χ1) is 14.1. The average Bonchev–Trinajstić information content (AvgIpc) is 3.26. The summed E-state index contributed by atoms with van der Waals surface area (Å²) < 4.78 is 7.06. The number of fused-ring (bicyclic) bond motifs is 2. The molecule has 2 heterocycles. The van der Waals surface area contributed by atoms with Crippen LogP contribution in [0.25, 0.3) is 6.08 Å². The fourth-order valence-corrected chi connectivity index (χ4v) is 4.45. The van der Waals surface area contributed by atoms with E-state index in [1.54, 1.807) is 17.8 Å². The summed E-state index contributed by atoms with van der Waals surface area (Å²) in [5.74, 6) is 0.322. The molecule has 7 nitrogen and oxygen atoms in total. The van der Waals surface area contributed by atoms with E-state index in [2.05, 4.69) is 46.1 Å². The lowest BCUT2D eigenvalue weighted by atomic mass is 10.0. The van der Waals surface area contributed by atoms with E-state index < -0.39 is 0 Å². The zero-order chi connectivity index (χ0) is 20.1. The predicted molar refractivity (Wildman–Crippen MR) is 108 cm³/mol. The summed E-state index contributed by atoms with van der Waals surface area (Å²) in [4.78, 5) is 25.2. The number of rotatable bonds is 5. The topological polar surface area (TPSA) is 85.3 Å². The highest BCUT2D eigenvalue weighted by Crippen LogP contribution is 2.44. The van der Waals surface area contributed by atoms with E-state index in [4.69, 9.17) is 4.74 Å². The van der Waals surface area contributed by atoms with Gasteiger partial charge in [0.05, 0.1) is 19.3 Å². The Balaban J connectivity index is 1.45. The van der Waals surface area contributed by atoms with Crippen LogP contribution in [0.2, 0.25) is 0 Å². The average molecular weight is 392 g/mol. The molecule has 0 bridgehead atoms. The summed E-state index contributed by atoms with van der Waals surface area (Å²) in [6.45, 7) is 3.41. The van der Waals surface area contributed by atoms with E-state index in [0.29, 0.717) is 30.7 Å². The number of carbonyl (C=O) groups excluding carboxylic acids is 2. The number of allylic oxidation sites excluding steroid dienone is 1. The van der Waals surface area contributed by atoms with Gasteiger partial charge in [0.2, 0.25) is 0 Å². The summed E-state index contributed by atoms with van der Waals surface area (Å²) in [6, 6.07) is 7.87. The lowest BCUT2D eigenvalue weighted by Gasteiger charge is -2.17. The van der Waals surface area contributed by atoms with E-state index in [9.17, 15) is 9.59 Å². The van der Waals surface area contributed by atoms with Crippen LogP contribution in [-0.4, -0.2) is 47.9 Å². The van der Waals surface area contributed by atoms with Gasteiger partial charge in [-0.25, -0.2) is 0 Å². The van der Waals surface area contributed by atoms with Gasteiger partial charge in [0.1, 0.15) is 5.69 Å². The maximum atomic E-state index is 13.0. The van der Waals surface area contributed by atoms with Crippen LogP contribution in [0.4, 0.5) is 0 Å². The molecular formula is C22H24N4O3. The summed E-state index contributed by atoms with van der Waals surface area (Å²) in [5, 5.41) is 10.2. The molecular weight excluding hydrogens is 368 g/mol. The molecule has 1 aliphatic heterocycles. The number of carbonyl (C=O) groups is 2. The maximum Gasteiger partial charge on any atom is 0.271 e. The fraction of sp³-hybridized carbons (Fsp3) is 0.409. The molecule has 0 spiro atoms. The molecule has 0 radical (unpaired) electrons. The molecule has 29 heavy (non-hydrogen) atoms. The van der Waals surface area contributed by atoms with Crippen molar-refractivity contribution < 1.29 is 14.3 Å². The summed E-state index contributed by atoms with van der Waals surface area (Å²) in [6.07, 6.45) is 5.21. The van der Waals surface area contributed by atoms with Crippen LogP contribution in [0, 0.1) is 11.8 Å². The SMILES string of the molecule is CNC(=O)c1cc(C(=O)NC2[C@H]3COC[C@@H]23)n(C(C)c2ccc3c(c2)C=CC3)n1. The number of ether oxygens (including phenoxy) is 1. The van der Waals surface area contributed by atoms with Crippen molar-refractivity contribution in [1.29, 1.82) is 0 Å². The highest BCUT2D eigenvalue weighted by Gasteiger charge is 2.55. The summed E-state index contributed by atoms with van der Waals surface area (Å²) >= 11 is 0. The Morgan fingerprint density at radius 3 is 2.76 bits per heavy atom. The molecule has 3 aliphatic rings. The van der Waals surface area contributed by atoms with Gasteiger partial charge in [-0.05, 0) is 36.1 Å². The third-order valence-electron chi connectivity index (χ3n) is 6.33. The van der Waals surface area contributed by atoms with Crippen molar-refractivity contribution in [2.24, 2.45) is 11.8 Å². The quantitative estimate of drug-likeness (QED) is 0.813. The Kier molecular flexibility index (Phi) is 4.28. The van der Waals surface area contributed by atoms with Gasteiger partial charge in [-0.3, -0.25) is 14.3 Å². The largest absolute Gasteiger partial charge is 0.381 e. The van der Waals surface area contributed by atoms with Crippen molar-refractivity contribution in [3.8, 4) is 0 Å². The van der Waals surface area contributed by atoms with Crippen molar-refractivity contribution in [2.75, 3.05) is 20.3 Å². The second kappa shape index (κ2) is 6.84. The smallest absolute Gasteiger partial charge is 0.271 e. The predicted octanol–water partition coefficient (Wildman–Crippen LogP) is 1.80. The van der Waals surface area contributed by atoms with Crippen LogP contribution >= 0.6 is 0 Å². The Hall–Kier alpha value is -2.93. The lowest BCUT2D eigenvalue weighted by Crippen LogP contribution is -2.32. The monoisotopic (exact) mass is 392 g/mol. The molecule has 7 heteroatoms. The van der Waals surface area contributed by atoms with Gasteiger partial charge in [0, 0.05) is 31.0 Å². The van der Waals surface area contributed by atoms with Crippen LogP contribution in [0.1, 0.15) is 50.6 Å². The highest BCUT2D eigenvalue weighted by molar-refractivity contribution is 5.98. The first kappa shape index (κ1) is 18.1. The molecule has 4 atom stereocenters. The molecule has 1 aromatic heterocycles. The van der Waals surface area contributed by atoms with E-state index >= 15 is 0 Å². The second-order valence-corrected chi connectivity index (χ2v) is 8.04. The minimum atomic E-state index is -0.307. The Morgan fingerprint density at radius 2 is 2.00 bits per heavy atom. The zero-order valence-electron chi connectivity index (χ0n) is 16.5. The van der Waals surface area contributed by atoms with Crippen LogP contribution < -0.4 is 10.6 Å². The van der Waals surface area contributed by atoms with Gasteiger partial charge in [-0.2, -0.15) is 5.10 Å². The number of hydrogen-bond donors (Lipinski definition) is 2. The van der Waals surface area contributed by atoms with Crippen molar-refractivity contribution in [2.45, 2.75) is 25.4 Å². The van der Waals surface area contributed by atoms with Gasteiger partial charge in [0.25, 0.3) is 11.8 Å². The molecule has 2 aromatic rings. The highest BCUT2D eigenvalue weighted by atomic mass is 16.5. The minimum Gasteiger partial charge on any atom is -0.381 e. The Bertz CT molecular complexity index is 1020. The number of nitrogens with one attached hydrogen (secondary N) is 2. The molecule has 5 rings (SSSR count). The molecule has 2 aliphatic carbocycles. The Labute approximate surface area is 169 Å². The summed E-state index contributed by atoms with van der Waals surface area (Å²) in [5.41, 5.74) is 4.19. The number of nitrogens with zero attached hydrogens (tertiary/aromatic N) is 2. The van der Waals surface area contributed by atoms with E-state index in [1.165, 1.54) is 11.1 Å². The van der Waals surface area contributed by atoms with Crippen LogP contribution in [-0.2, 0) is 11.2 Å².